The SMILES string of the molecule is CCCn1nccc1C(CC(C)(C)C)NCC. The zero-order valence-electron chi connectivity index (χ0n) is 12.0. The Balaban J connectivity index is 2.84. The largest absolute Gasteiger partial charge is 0.309 e. The number of aromatic nitrogens is 2. The topological polar surface area (TPSA) is 29.9 Å². The van der Waals surface area contributed by atoms with Gasteiger partial charge in [-0.2, -0.15) is 5.10 Å². The minimum atomic E-state index is 0.328. The molecule has 1 atom stereocenters. The van der Waals surface area contributed by atoms with E-state index in [-0.39, 0.29) is 0 Å². The van der Waals surface area contributed by atoms with Gasteiger partial charge < -0.3 is 5.32 Å². The fraction of sp³-hybridized carbons (Fsp3) is 0.786. The second kappa shape index (κ2) is 6.20. The molecular formula is C14H27N3. The summed E-state index contributed by atoms with van der Waals surface area (Å²) in [5.74, 6) is 0. The van der Waals surface area contributed by atoms with E-state index < -0.39 is 0 Å². The summed E-state index contributed by atoms with van der Waals surface area (Å²) in [6, 6.07) is 2.56. The smallest absolute Gasteiger partial charge is 0.0553 e. The van der Waals surface area contributed by atoms with Crippen LogP contribution in [0, 0.1) is 5.41 Å². The number of hydrogen-bond donors (Lipinski definition) is 1. The van der Waals surface area contributed by atoms with Crippen LogP contribution in [0.25, 0.3) is 0 Å². The summed E-state index contributed by atoms with van der Waals surface area (Å²) < 4.78 is 2.14. The maximum Gasteiger partial charge on any atom is 0.0553 e. The van der Waals surface area contributed by atoms with Gasteiger partial charge in [0.05, 0.1) is 5.69 Å². The van der Waals surface area contributed by atoms with Crippen LogP contribution in [0.2, 0.25) is 0 Å². The van der Waals surface area contributed by atoms with Crippen LogP contribution in [0.5, 0.6) is 0 Å². The Morgan fingerprint density at radius 3 is 2.59 bits per heavy atom. The van der Waals surface area contributed by atoms with Gasteiger partial charge in [0.1, 0.15) is 0 Å². The van der Waals surface area contributed by atoms with Gasteiger partial charge in [-0.3, -0.25) is 4.68 Å². The summed E-state index contributed by atoms with van der Waals surface area (Å²) in [5, 5.41) is 8.00. The van der Waals surface area contributed by atoms with Gasteiger partial charge in [-0.1, -0.05) is 34.6 Å². The number of hydrogen-bond acceptors (Lipinski definition) is 2. The lowest BCUT2D eigenvalue weighted by Gasteiger charge is -2.27. The van der Waals surface area contributed by atoms with Crippen LogP contribution < -0.4 is 5.32 Å². The predicted molar refractivity (Wildman–Crippen MR) is 73.0 cm³/mol. The minimum absolute atomic E-state index is 0.328. The molecule has 0 aliphatic rings. The van der Waals surface area contributed by atoms with Gasteiger partial charge in [0.2, 0.25) is 0 Å². The molecule has 3 heteroatoms. The van der Waals surface area contributed by atoms with Gasteiger partial charge in [0.15, 0.2) is 0 Å². The van der Waals surface area contributed by atoms with Crippen molar-refractivity contribution < 1.29 is 0 Å². The van der Waals surface area contributed by atoms with Gasteiger partial charge in [0.25, 0.3) is 0 Å². The van der Waals surface area contributed by atoms with Gasteiger partial charge in [0, 0.05) is 18.8 Å². The van der Waals surface area contributed by atoms with Crippen molar-refractivity contribution >= 4 is 0 Å². The average molecular weight is 237 g/mol. The Morgan fingerprint density at radius 1 is 1.35 bits per heavy atom. The van der Waals surface area contributed by atoms with Crippen molar-refractivity contribution in [3.05, 3.63) is 18.0 Å². The Kier molecular flexibility index (Phi) is 5.19. The van der Waals surface area contributed by atoms with Crippen LogP contribution in [0.15, 0.2) is 12.3 Å². The second-order valence-corrected chi connectivity index (χ2v) is 5.85. The minimum Gasteiger partial charge on any atom is -0.309 e. The molecule has 0 fully saturated rings. The van der Waals surface area contributed by atoms with Crippen molar-refractivity contribution in [2.24, 2.45) is 5.41 Å². The van der Waals surface area contributed by atoms with Crippen LogP contribution in [-0.4, -0.2) is 16.3 Å². The zero-order chi connectivity index (χ0) is 12.9. The number of rotatable bonds is 6. The summed E-state index contributed by atoms with van der Waals surface area (Å²) in [5.41, 5.74) is 1.65. The predicted octanol–water partition coefficient (Wildman–Crippen LogP) is 3.38. The molecule has 1 rings (SSSR count). The maximum atomic E-state index is 4.42. The highest BCUT2D eigenvalue weighted by Crippen LogP contribution is 2.29. The third kappa shape index (κ3) is 4.50. The third-order valence-corrected chi connectivity index (χ3v) is 2.81. The summed E-state index contributed by atoms with van der Waals surface area (Å²) in [6.07, 6.45) is 4.18. The van der Waals surface area contributed by atoms with Crippen LogP contribution in [0.4, 0.5) is 0 Å². The first-order chi connectivity index (χ1) is 7.98. The molecule has 0 aliphatic heterocycles. The van der Waals surface area contributed by atoms with Crippen LogP contribution in [0.3, 0.4) is 0 Å². The molecule has 1 aromatic heterocycles. The van der Waals surface area contributed by atoms with Crippen molar-refractivity contribution in [1.29, 1.82) is 0 Å². The van der Waals surface area contributed by atoms with Crippen molar-refractivity contribution in [2.45, 2.75) is 60.0 Å². The first-order valence-electron chi connectivity index (χ1n) is 6.73. The van der Waals surface area contributed by atoms with E-state index in [1.807, 2.05) is 6.20 Å². The van der Waals surface area contributed by atoms with Crippen molar-refractivity contribution in [2.75, 3.05) is 6.54 Å². The highest BCUT2D eigenvalue weighted by Gasteiger charge is 2.22. The molecule has 1 heterocycles. The average Bonchev–Trinajstić information content (AvgIpc) is 2.64. The molecule has 1 N–H and O–H groups in total. The number of nitrogens with one attached hydrogen (secondary N) is 1. The maximum absolute atomic E-state index is 4.42. The summed E-state index contributed by atoms with van der Waals surface area (Å²) in [7, 11) is 0. The zero-order valence-corrected chi connectivity index (χ0v) is 12.0. The summed E-state index contributed by atoms with van der Waals surface area (Å²) in [4.78, 5) is 0. The standard InChI is InChI=1S/C14H27N3/c1-6-10-17-13(8-9-16-17)12(15-7-2)11-14(3,4)5/h8-9,12,15H,6-7,10-11H2,1-5H3. The van der Waals surface area contributed by atoms with Crippen molar-refractivity contribution in [3.63, 3.8) is 0 Å². The van der Waals surface area contributed by atoms with Gasteiger partial charge in [-0.15, -0.1) is 0 Å². The Hall–Kier alpha value is -0.830. The fourth-order valence-corrected chi connectivity index (χ4v) is 2.18. The molecule has 0 saturated heterocycles. The highest BCUT2D eigenvalue weighted by molar-refractivity contribution is 5.07. The van der Waals surface area contributed by atoms with Crippen molar-refractivity contribution in [3.8, 4) is 0 Å². The van der Waals surface area contributed by atoms with Gasteiger partial charge in [-0.25, -0.2) is 0 Å². The quantitative estimate of drug-likeness (QED) is 0.822. The summed E-state index contributed by atoms with van der Waals surface area (Å²) >= 11 is 0. The lowest BCUT2D eigenvalue weighted by molar-refractivity contribution is 0.303. The normalized spacial score (nSPS) is 13.9. The van der Waals surface area contributed by atoms with Crippen molar-refractivity contribution in [1.82, 2.24) is 15.1 Å². The summed E-state index contributed by atoms with van der Waals surface area (Å²) in [6.45, 7) is 13.2. The lowest BCUT2D eigenvalue weighted by atomic mass is 9.87. The van der Waals surface area contributed by atoms with E-state index >= 15 is 0 Å². The van der Waals surface area contributed by atoms with E-state index in [2.05, 4.69) is 55.8 Å². The van der Waals surface area contributed by atoms with E-state index in [4.69, 9.17) is 0 Å². The first kappa shape index (κ1) is 14.2. The highest BCUT2D eigenvalue weighted by atomic mass is 15.3. The van der Waals surface area contributed by atoms with E-state index in [9.17, 15) is 0 Å². The molecule has 0 bridgehead atoms. The fourth-order valence-electron chi connectivity index (χ4n) is 2.18. The molecule has 0 aromatic carbocycles. The molecule has 0 saturated carbocycles. The Morgan fingerprint density at radius 2 is 2.06 bits per heavy atom. The third-order valence-electron chi connectivity index (χ3n) is 2.81. The molecule has 0 amide bonds. The van der Waals surface area contributed by atoms with E-state index in [1.54, 1.807) is 0 Å². The van der Waals surface area contributed by atoms with Gasteiger partial charge in [-0.05, 0) is 30.9 Å². The molecular weight excluding hydrogens is 210 g/mol. The molecule has 17 heavy (non-hydrogen) atoms. The number of aryl methyl sites for hydroxylation is 1. The molecule has 0 aliphatic carbocycles. The molecule has 3 nitrogen and oxygen atoms in total. The van der Waals surface area contributed by atoms with E-state index in [0.717, 1.165) is 25.9 Å². The Bertz CT molecular complexity index is 322. The van der Waals surface area contributed by atoms with Gasteiger partial charge >= 0.3 is 0 Å². The van der Waals surface area contributed by atoms with E-state index in [0.29, 0.717) is 11.5 Å². The Labute approximate surface area is 106 Å². The molecule has 1 aromatic rings. The second-order valence-electron chi connectivity index (χ2n) is 5.85. The molecule has 0 radical (unpaired) electrons. The van der Waals surface area contributed by atoms with Crippen LogP contribution in [-0.2, 0) is 6.54 Å². The van der Waals surface area contributed by atoms with Crippen LogP contribution >= 0.6 is 0 Å². The number of nitrogens with zero attached hydrogens (tertiary/aromatic N) is 2. The monoisotopic (exact) mass is 237 g/mol. The molecule has 0 spiro atoms. The van der Waals surface area contributed by atoms with Crippen LogP contribution in [0.1, 0.15) is 59.2 Å². The molecule has 98 valence electrons. The van der Waals surface area contributed by atoms with E-state index in [1.165, 1.54) is 5.69 Å². The first-order valence-corrected chi connectivity index (χ1v) is 6.73. The lowest BCUT2D eigenvalue weighted by Crippen LogP contribution is -2.27. The molecule has 1 unspecified atom stereocenters.